The number of rotatable bonds is 4. The van der Waals surface area contributed by atoms with Crippen LogP contribution in [0.25, 0.3) is 0 Å². The third-order valence-electron chi connectivity index (χ3n) is 5.13. The number of halogens is 1. The summed E-state index contributed by atoms with van der Waals surface area (Å²) in [5.41, 5.74) is 0.983. The zero-order chi connectivity index (χ0) is 17.6. The van der Waals surface area contributed by atoms with Crippen molar-refractivity contribution in [3.63, 3.8) is 0 Å². The number of hydrogen-bond acceptors (Lipinski definition) is 6. The van der Waals surface area contributed by atoms with E-state index in [0.717, 1.165) is 25.3 Å². The number of piperidine rings is 1. The van der Waals surface area contributed by atoms with Crippen molar-refractivity contribution in [2.24, 2.45) is 0 Å². The first-order valence-electron chi connectivity index (χ1n) is 8.31. The second-order valence-electron chi connectivity index (χ2n) is 6.72. The van der Waals surface area contributed by atoms with Gasteiger partial charge in [-0.3, -0.25) is 4.90 Å². The zero-order valence-corrected chi connectivity index (χ0v) is 13.6. The second kappa shape index (κ2) is 6.29. The van der Waals surface area contributed by atoms with Crippen molar-refractivity contribution in [2.75, 3.05) is 18.0 Å². The van der Waals surface area contributed by atoms with Crippen molar-refractivity contribution in [2.45, 2.75) is 25.0 Å². The predicted molar refractivity (Wildman–Crippen MR) is 92.1 cm³/mol. The average molecular weight is 343 g/mol. The van der Waals surface area contributed by atoms with Crippen molar-refractivity contribution < 1.29 is 19.5 Å². The summed E-state index contributed by atoms with van der Waals surface area (Å²) in [5.74, 6) is 0.603. The van der Waals surface area contributed by atoms with Crippen molar-refractivity contribution in [3.8, 4) is 5.75 Å². The number of pyridine rings is 1. The lowest BCUT2D eigenvalue weighted by molar-refractivity contribution is -0.00921. The Morgan fingerprint density at radius 1 is 1.16 bits per heavy atom. The van der Waals surface area contributed by atoms with E-state index in [1.807, 2.05) is 0 Å². The highest BCUT2D eigenvalue weighted by Crippen LogP contribution is 2.36. The van der Waals surface area contributed by atoms with Crippen LogP contribution in [-0.4, -0.2) is 57.3 Å². The summed E-state index contributed by atoms with van der Waals surface area (Å²) in [7, 11) is -1.51. The average Bonchev–Trinajstić information content (AvgIpc) is 2.62. The summed E-state index contributed by atoms with van der Waals surface area (Å²) >= 11 is 0. The molecule has 0 aliphatic carbocycles. The van der Waals surface area contributed by atoms with E-state index in [2.05, 4.69) is 14.8 Å². The first-order valence-corrected chi connectivity index (χ1v) is 8.31. The molecule has 1 aromatic carbocycles. The van der Waals surface area contributed by atoms with Gasteiger partial charge in [-0.1, -0.05) is 6.07 Å². The minimum atomic E-state index is -1.51. The van der Waals surface area contributed by atoms with Crippen molar-refractivity contribution in [1.82, 2.24) is 9.88 Å². The maximum Gasteiger partial charge on any atom is 0.490 e. The molecule has 3 saturated heterocycles. The molecule has 6 nitrogen and oxygen atoms in total. The Morgan fingerprint density at radius 2 is 1.92 bits per heavy atom. The van der Waals surface area contributed by atoms with Gasteiger partial charge in [0.2, 0.25) is 0 Å². The van der Waals surface area contributed by atoms with Gasteiger partial charge in [0.1, 0.15) is 17.4 Å². The molecular weight excluding hydrogens is 324 g/mol. The highest BCUT2D eigenvalue weighted by Gasteiger charge is 2.44. The molecular formula is C17H19BFN3O3. The molecule has 2 bridgehead atoms. The van der Waals surface area contributed by atoms with Gasteiger partial charge in [-0.05, 0) is 30.7 Å². The van der Waals surface area contributed by atoms with E-state index >= 15 is 0 Å². The number of nitrogens with zero attached hydrogens (tertiary/aromatic N) is 3. The number of phenolic OH excluding ortho intramolecular Hbond substituents is 1. The lowest BCUT2D eigenvalue weighted by atomic mass is 9.82. The number of piperazine rings is 1. The third kappa shape index (κ3) is 3.08. The van der Waals surface area contributed by atoms with Gasteiger partial charge in [0, 0.05) is 48.9 Å². The van der Waals surface area contributed by atoms with Crippen molar-refractivity contribution in [3.05, 3.63) is 47.9 Å². The SMILES string of the molecule is OB(O)c1ccc(N2CC3CC(C2)N3Cc2cc(F)ccc2O)nc1. The van der Waals surface area contributed by atoms with E-state index in [4.69, 9.17) is 10.0 Å². The fourth-order valence-electron chi connectivity index (χ4n) is 3.75. The molecule has 2 aromatic rings. The Labute approximate surface area is 145 Å². The highest BCUT2D eigenvalue weighted by atomic mass is 19.1. The molecule has 8 heteroatoms. The normalized spacial score (nSPS) is 22.6. The number of aromatic hydroxyl groups is 1. The Hall–Kier alpha value is -2.16. The molecule has 25 heavy (non-hydrogen) atoms. The van der Waals surface area contributed by atoms with Crippen LogP contribution in [0.1, 0.15) is 12.0 Å². The first kappa shape index (κ1) is 16.3. The standard InChI is InChI=1S/C17H19BFN3O3/c19-13-2-3-16(23)11(5-13)8-22-14-6-15(22)10-21(9-14)17-4-1-12(7-20-17)18(24)25/h1-5,7,14-15,23-25H,6,8-10H2. The van der Waals surface area contributed by atoms with Crippen LogP contribution < -0.4 is 10.4 Å². The molecule has 3 aliphatic rings. The third-order valence-corrected chi connectivity index (χ3v) is 5.13. The van der Waals surface area contributed by atoms with Crippen LogP contribution in [0.15, 0.2) is 36.5 Å². The molecule has 3 N–H and O–H groups in total. The van der Waals surface area contributed by atoms with Gasteiger partial charge < -0.3 is 20.1 Å². The number of aromatic nitrogens is 1. The lowest BCUT2D eigenvalue weighted by Gasteiger charge is -2.56. The minimum absolute atomic E-state index is 0.128. The maximum atomic E-state index is 13.4. The van der Waals surface area contributed by atoms with E-state index in [1.165, 1.54) is 24.4 Å². The van der Waals surface area contributed by atoms with E-state index in [-0.39, 0.29) is 11.6 Å². The number of anilines is 1. The number of phenols is 1. The number of benzene rings is 1. The molecule has 2 atom stereocenters. The van der Waals surface area contributed by atoms with Crippen LogP contribution in [0.5, 0.6) is 5.75 Å². The maximum absolute atomic E-state index is 13.4. The van der Waals surface area contributed by atoms with Crippen LogP contribution in [-0.2, 0) is 6.54 Å². The van der Waals surface area contributed by atoms with Gasteiger partial charge in [-0.2, -0.15) is 0 Å². The van der Waals surface area contributed by atoms with Crippen LogP contribution in [0.2, 0.25) is 0 Å². The smallest absolute Gasteiger partial charge is 0.490 e. The highest BCUT2D eigenvalue weighted by molar-refractivity contribution is 6.58. The minimum Gasteiger partial charge on any atom is -0.508 e. The van der Waals surface area contributed by atoms with Gasteiger partial charge in [0.05, 0.1) is 0 Å². The molecule has 1 aromatic heterocycles. The number of fused-ring (bicyclic) bond motifs is 2. The molecule has 3 aliphatic heterocycles. The fraction of sp³-hybridized carbons (Fsp3) is 0.353. The quantitative estimate of drug-likeness (QED) is 0.682. The van der Waals surface area contributed by atoms with Gasteiger partial charge >= 0.3 is 7.12 Å². The Bertz CT molecular complexity index is 762. The molecule has 2 unspecified atom stereocenters. The summed E-state index contributed by atoms with van der Waals surface area (Å²) in [4.78, 5) is 8.77. The first-order chi connectivity index (χ1) is 12.0. The van der Waals surface area contributed by atoms with E-state index < -0.39 is 7.12 Å². The summed E-state index contributed by atoms with van der Waals surface area (Å²) in [6, 6.07) is 8.18. The topological polar surface area (TPSA) is 80.1 Å². The van der Waals surface area contributed by atoms with Crippen molar-refractivity contribution in [1.29, 1.82) is 0 Å². The van der Waals surface area contributed by atoms with Crippen LogP contribution in [0.4, 0.5) is 10.2 Å². The summed E-state index contributed by atoms with van der Waals surface area (Å²) in [5, 5.41) is 28.2. The van der Waals surface area contributed by atoms with Gasteiger partial charge in [0.25, 0.3) is 0 Å². The molecule has 130 valence electrons. The van der Waals surface area contributed by atoms with Crippen LogP contribution >= 0.6 is 0 Å². The van der Waals surface area contributed by atoms with Gasteiger partial charge in [-0.15, -0.1) is 0 Å². The largest absolute Gasteiger partial charge is 0.508 e. The van der Waals surface area contributed by atoms with Crippen LogP contribution in [0, 0.1) is 5.82 Å². The Kier molecular flexibility index (Phi) is 4.11. The molecule has 0 amide bonds. The van der Waals surface area contributed by atoms with E-state index in [0.29, 0.717) is 29.7 Å². The van der Waals surface area contributed by atoms with Gasteiger partial charge in [-0.25, -0.2) is 9.37 Å². The summed E-state index contributed by atoms with van der Waals surface area (Å²) < 4.78 is 13.4. The Balaban J connectivity index is 1.43. The predicted octanol–water partition coefficient (Wildman–Crippen LogP) is 0.0692. The molecule has 0 spiro atoms. The summed E-state index contributed by atoms with van der Waals surface area (Å²) in [6.45, 7) is 2.15. The zero-order valence-electron chi connectivity index (χ0n) is 13.6. The molecule has 0 radical (unpaired) electrons. The molecule has 3 fully saturated rings. The van der Waals surface area contributed by atoms with E-state index in [1.54, 1.807) is 12.1 Å². The van der Waals surface area contributed by atoms with Gasteiger partial charge in [0.15, 0.2) is 0 Å². The molecule has 0 saturated carbocycles. The molecule has 4 heterocycles. The fourth-order valence-corrected chi connectivity index (χ4v) is 3.75. The Morgan fingerprint density at radius 3 is 2.56 bits per heavy atom. The van der Waals surface area contributed by atoms with Crippen molar-refractivity contribution >= 4 is 18.4 Å². The lowest BCUT2D eigenvalue weighted by Crippen LogP contribution is -2.68. The number of hydrogen-bond donors (Lipinski definition) is 3. The molecule has 5 rings (SSSR count). The van der Waals surface area contributed by atoms with Crippen LogP contribution in [0.3, 0.4) is 0 Å². The van der Waals surface area contributed by atoms with E-state index in [9.17, 15) is 9.50 Å². The second-order valence-corrected chi connectivity index (χ2v) is 6.72. The monoisotopic (exact) mass is 343 g/mol. The summed E-state index contributed by atoms with van der Waals surface area (Å²) in [6.07, 6.45) is 2.56.